The molecule has 0 aliphatic heterocycles. The summed E-state index contributed by atoms with van der Waals surface area (Å²) in [7, 11) is 0. The number of hydrogen-bond acceptors (Lipinski definition) is 2. The first-order chi connectivity index (χ1) is 11.7. The summed E-state index contributed by atoms with van der Waals surface area (Å²) in [6.07, 6.45) is 0.975. The minimum Gasteiger partial charge on any atom is -0.494 e. The van der Waals surface area contributed by atoms with E-state index in [1.807, 2.05) is 37.3 Å². The minimum absolute atomic E-state index is 0.700. The molecule has 1 heterocycles. The number of halogens is 1. The minimum atomic E-state index is 0.700. The fourth-order valence-electron chi connectivity index (χ4n) is 2.99. The van der Waals surface area contributed by atoms with Gasteiger partial charge in [-0.25, -0.2) is 0 Å². The van der Waals surface area contributed by atoms with Crippen LogP contribution in [-0.2, 0) is 13.0 Å². The summed E-state index contributed by atoms with van der Waals surface area (Å²) in [4.78, 5) is 3.43. The number of aromatic nitrogens is 1. The van der Waals surface area contributed by atoms with Crippen LogP contribution in [-0.4, -0.2) is 18.1 Å². The molecule has 3 aromatic rings. The van der Waals surface area contributed by atoms with E-state index < -0.39 is 0 Å². The lowest BCUT2D eigenvalue weighted by Crippen LogP contribution is -2.16. The highest BCUT2D eigenvalue weighted by Crippen LogP contribution is 2.25. The van der Waals surface area contributed by atoms with Crippen molar-refractivity contribution in [3.05, 3.63) is 64.3 Å². The Bertz CT molecular complexity index is 808. The van der Waals surface area contributed by atoms with E-state index in [1.54, 1.807) is 0 Å². The zero-order valence-electron chi connectivity index (χ0n) is 14.2. The van der Waals surface area contributed by atoms with Gasteiger partial charge in [0.2, 0.25) is 0 Å². The standard InChI is InChI=1S/C20H23ClN2O/c1-3-24-17-7-4-15(5-8-17)13-22-11-10-18-14(2)23-20-9-6-16(21)12-19(18)20/h4-9,12,22-23H,3,10-11,13H2,1-2H3. The lowest BCUT2D eigenvalue weighted by molar-refractivity contribution is 0.340. The second-order valence-electron chi connectivity index (χ2n) is 5.92. The first-order valence-electron chi connectivity index (χ1n) is 8.36. The third-order valence-electron chi connectivity index (χ3n) is 4.20. The van der Waals surface area contributed by atoms with E-state index >= 15 is 0 Å². The maximum atomic E-state index is 6.14. The molecule has 0 unspecified atom stereocenters. The molecule has 0 fully saturated rings. The molecule has 0 amide bonds. The molecule has 3 rings (SSSR count). The third kappa shape index (κ3) is 3.92. The molecule has 2 N–H and O–H groups in total. The van der Waals surface area contributed by atoms with E-state index in [0.29, 0.717) is 6.61 Å². The number of nitrogens with one attached hydrogen (secondary N) is 2. The number of aromatic amines is 1. The molecule has 0 atom stereocenters. The van der Waals surface area contributed by atoms with Crippen LogP contribution in [0.25, 0.3) is 10.9 Å². The number of rotatable bonds is 7. The normalized spacial score (nSPS) is 11.1. The Morgan fingerprint density at radius 2 is 1.92 bits per heavy atom. The molecule has 0 bridgehead atoms. The van der Waals surface area contributed by atoms with Crippen LogP contribution in [0.3, 0.4) is 0 Å². The van der Waals surface area contributed by atoms with Gasteiger partial charge >= 0.3 is 0 Å². The predicted molar refractivity (Wildman–Crippen MR) is 101 cm³/mol. The Morgan fingerprint density at radius 3 is 2.67 bits per heavy atom. The van der Waals surface area contributed by atoms with Gasteiger partial charge in [-0.1, -0.05) is 23.7 Å². The van der Waals surface area contributed by atoms with Crippen molar-refractivity contribution >= 4 is 22.5 Å². The van der Waals surface area contributed by atoms with Gasteiger partial charge in [0.05, 0.1) is 6.61 Å². The molecule has 24 heavy (non-hydrogen) atoms. The number of ether oxygens (including phenoxy) is 1. The Labute approximate surface area is 148 Å². The van der Waals surface area contributed by atoms with Gasteiger partial charge in [0, 0.05) is 28.2 Å². The average molecular weight is 343 g/mol. The summed E-state index contributed by atoms with van der Waals surface area (Å²) in [6.45, 7) is 6.60. The fourth-order valence-corrected chi connectivity index (χ4v) is 3.17. The Kier molecular flexibility index (Phi) is 5.44. The van der Waals surface area contributed by atoms with Crippen LogP contribution in [0.1, 0.15) is 23.7 Å². The number of benzene rings is 2. The molecule has 0 aliphatic carbocycles. The summed E-state index contributed by atoms with van der Waals surface area (Å²) in [6, 6.07) is 14.3. The van der Waals surface area contributed by atoms with E-state index in [-0.39, 0.29) is 0 Å². The predicted octanol–water partition coefficient (Wildman–Crippen LogP) is 4.86. The van der Waals surface area contributed by atoms with Crippen molar-refractivity contribution in [1.29, 1.82) is 0 Å². The highest BCUT2D eigenvalue weighted by Gasteiger charge is 2.08. The molecule has 3 nitrogen and oxygen atoms in total. The molecular formula is C20H23ClN2O. The number of fused-ring (bicyclic) bond motifs is 1. The van der Waals surface area contributed by atoms with Crippen molar-refractivity contribution < 1.29 is 4.74 Å². The van der Waals surface area contributed by atoms with Crippen molar-refractivity contribution in [2.75, 3.05) is 13.2 Å². The molecule has 0 aliphatic rings. The highest BCUT2D eigenvalue weighted by molar-refractivity contribution is 6.31. The summed E-state index contributed by atoms with van der Waals surface area (Å²) in [5, 5.41) is 5.52. The van der Waals surface area contributed by atoms with Gasteiger partial charge < -0.3 is 15.0 Å². The van der Waals surface area contributed by atoms with Gasteiger partial charge in [-0.05, 0) is 68.3 Å². The monoisotopic (exact) mass is 342 g/mol. The van der Waals surface area contributed by atoms with Crippen molar-refractivity contribution in [2.24, 2.45) is 0 Å². The summed E-state index contributed by atoms with van der Waals surface area (Å²) in [5.41, 5.74) is 4.97. The molecule has 0 radical (unpaired) electrons. The average Bonchev–Trinajstić information content (AvgIpc) is 2.88. The zero-order chi connectivity index (χ0) is 16.9. The van der Waals surface area contributed by atoms with Crippen LogP contribution in [0.4, 0.5) is 0 Å². The summed E-state index contributed by atoms with van der Waals surface area (Å²) >= 11 is 6.14. The van der Waals surface area contributed by atoms with Crippen LogP contribution in [0.15, 0.2) is 42.5 Å². The summed E-state index contributed by atoms with van der Waals surface area (Å²) < 4.78 is 5.46. The Balaban J connectivity index is 1.57. The van der Waals surface area contributed by atoms with Crippen LogP contribution in [0, 0.1) is 6.92 Å². The van der Waals surface area contributed by atoms with Crippen LogP contribution in [0.2, 0.25) is 5.02 Å². The van der Waals surface area contributed by atoms with Gasteiger partial charge in [0.1, 0.15) is 5.75 Å². The van der Waals surface area contributed by atoms with E-state index in [9.17, 15) is 0 Å². The third-order valence-corrected chi connectivity index (χ3v) is 4.43. The fraction of sp³-hybridized carbons (Fsp3) is 0.300. The van der Waals surface area contributed by atoms with Crippen molar-refractivity contribution in [3.63, 3.8) is 0 Å². The number of aryl methyl sites for hydroxylation is 1. The van der Waals surface area contributed by atoms with E-state index in [1.165, 1.54) is 22.2 Å². The van der Waals surface area contributed by atoms with Gasteiger partial charge in [0.25, 0.3) is 0 Å². The first-order valence-corrected chi connectivity index (χ1v) is 8.74. The van der Waals surface area contributed by atoms with Gasteiger partial charge in [-0.15, -0.1) is 0 Å². The lowest BCUT2D eigenvalue weighted by atomic mass is 10.1. The van der Waals surface area contributed by atoms with E-state index in [0.717, 1.165) is 35.8 Å². The van der Waals surface area contributed by atoms with Gasteiger partial charge in [-0.2, -0.15) is 0 Å². The van der Waals surface area contributed by atoms with E-state index in [4.69, 9.17) is 16.3 Å². The second-order valence-corrected chi connectivity index (χ2v) is 6.36. The molecule has 126 valence electrons. The maximum absolute atomic E-state index is 6.14. The number of H-pyrrole nitrogens is 1. The molecule has 1 aromatic heterocycles. The van der Waals surface area contributed by atoms with Crippen LogP contribution >= 0.6 is 11.6 Å². The van der Waals surface area contributed by atoms with Crippen LogP contribution < -0.4 is 10.1 Å². The van der Waals surface area contributed by atoms with Crippen molar-refractivity contribution in [1.82, 2.24) is 10.3 Å². The SMILES string of the molecule is CCOc1ccc(CNCCc2c(C)[nH]c3ccc(Cl)cc23)cc1. The number of hydrogen-bond donors (Lipinski definition) is 2. The molecular weight excluding hydrogens is 320 g/mol. The Hall–Kier alpha value is -1.97. The lowest BCUT2D eigenvalue weighted by Gasteiger charge is -2.07. The van der Waals surface area contributed by atoms with Crippen molar-refractivity contribution in [2.45, 2.75) is 26.8 Å². The maximum Gasteiger partial charge on any atom is 0.119 e. The summed E-state index contributed by atoms with van der Waals surface area (Å²) in [5.74, 6) is 0.924. The van der Waals surface area contributed by atoms with Crippen LogP contribution in [0.5, 0.6) is 5.75 Å². The largest absolute Gasteiger partial charge is 0.494 e. The van der Waals surface area contributed by atoms with E-state index in [2.05, 4.69) is 29.4 Å². The smallest absolute Gasteiger partial charge is 0.119 e. The molecule has 0 saturated heterocycles. The first kappa shape index (κ1) is 16.9. The Morgan fingerprint density at radius 1 is 1.12 bits per heavy atom. The molecule has 2 aromatic carbocycles. The molecule has 4 heteroatoms. The quantitative estimate of drug-likeness (QED) is 0.601. The highest BCUT2D eigenvalue weighted by atomic mass is 35.5. The molecule has 0 spiro atoms. The zero-order valence-corrected chi connectivity index (χ0v) is 14.9. The topological polar surface area (TPSA) is 37.0 Å². The van der Waals surface area contributed by atoms with Gasteiger partial charge in [-0.3, -0.25) is 0 Å². The van der Waals surface area contributed by atoms with Gasteiger partial charge in [0.15, 0.2) is 0 Å². The second kappa shape index (κ2) is 7.73. The molecule has 0 saturated carbocycles. The van der Waals surface area contributed by atoms with Crippen molar-refractivity contribution in [3.8, 4) is 5.75 Å².